The van der Waals surface area contributed by atoms with E-state index < -0.39 is 0 Å². The number of carbonyl (C=O) groups excluding carboxylic acids is 2. The first-order valence-corrected chi connectivity index (χ1v) is 13.1. The summed E-state index contributed by atoms with van der Waals surface area (Å²) in [6, 6.07) is 8.07. The van der Waals surface area contributed by atoms with Crippen molar-refractivity contribution in [2.75, 3.05) is 12.9 Å². The van der Waals surface area contributed by atoms with E-state index in [4.69, 9.17) is 4.74 Å². The van der Waals surface area contributed by atoms with Crippen LogP contribution in [0.25, 0.3) is 5.69 Å². The van der Waals surface area contributed by atoms with Gasteiger partial charge in [-0.25, -0.2) is 4.68 Å². The molecule has 1 aromatic heterocycles. The van der Waals surface area contributed by atoms with Gasteiger partial charge in [-0.15, -0.1) is 11.8 Å². The van der Waals surface area contributed by atoms with Crippen LogP contribution in [0, 0.1) is 22.7 Å². The van der Waals surface area contributed by atoms with E-state index in [0.717, 1.165) is 34.4 Å². The van der Waals surface area contributed by atoms with E-state index >= 15 is 0 Å². The number of methoxy groups -OCH3 is 1. The number of carbonyl (C=O) groups is 2. The molecule has 7 heteroatoms. The summed E-state index contributed by atoms with van der Waals surface area (Å²) < 4.78 is 6.62. The summed E-state index contributed by atoms with van der Waals surface area (Å²) in [7, 11) is 1.40. The number of amides is 1. The van der Waals surface area contributed by atoms with Crippen LogP contribution in [-0.2, 0) is 16.0 Å². The molecule has 33 heavy (non-hydrogen) atoms. The number of aromatic nitrogens is 2. The van der Waals surface area contributed by atoms with Gasteiger partial charge in [-0.05, 0) is 84.6 Å². The van der Waals surface area contributed by atoms with Crippen molar-refractivity contribution in [1.82, 2.24) is 15.1 Å². The summed E-state index contributed by atoms with van der Waals surface area (Å²) in [6.45, 7) is 2.15. The monoisotopic (exact) mass is 465 g/mol. The second-order valence-electron chi connectivity index (χ2n) is 10.6. The number of benzene rings is 1. The first kappa shape index (κ1) is 21.3. The van der Waals surface area contributed by atoms with Gasteiger partial charge in [-0.2, -0.15) is 5.10 Å². The molecule has 5 aliphatic carbocycles. The van der Waals surface area contributed by atoms with Gasteiger partial charge in [0, 0.05) is 6.04 Å². The largest absolute Gasteiger partial charge is 0.469 e. The molecule has 174 valence electrons. The normalized spacial score (nSPS) is 32.6. The SMILES string of the molecule is CCCSc1c(C(=O)NC2C3CC4CC5(C3)CC25C4)cnn1-c1ccc(CC(=O)OC)cc1. The van der Waals surface area contributed by atoms with Crippen LogP contribution in [0.4, 0.5) is 0 Å². The van der Waals surface area contributed by atoms with Gasteiger partial charge in [-0.3, -0.25) is 9.59 Å². The van der Waals surface area contributed by atoms with E-state index in [0.29, 0.717) is 28.4 Å². The average Bonchev–Trinajstić information content (AvgIpc) is 3.06. The molecule has 5 saturated carbocycles. The molecule has 1 amide bonds. The van der Waals surface area contributed by atoms with E-state index in [-0.39, 0.29) is 18.3 Å². The van der Waals surface area contributed by atoms with E-state index in [2.05, 4.69) is 17.3 Å². The highest BCUT2D eigenvalue weighted by atomic mass is 32.2. The van der Waals surface area contributed by atoms with Gasteiger partial charge >= 0.3 is 5.97 Å². The van der Waals surface area contributed by atoms with Crippen LogP contribution in [0.2, 0.25) is 0 Å². The van der Waals surface area contributed by atoms with Crippen LogP contribution >= 0.6 is 11.8 Å². The molecule has 1 heterocycles. The summed E-state index contributed by atoms with van der Waals surface area (Å²) in [5.74, 6) is 2.27. The Balaban J connectivity index is 1.24. The number of thioether (sulfide) groups is 1. The van der Waals surface area contributed by atoms with Gasteiger partial charge in [0.2, 0.25) is 0 Å². The standard InChI is InChI=1S/C26H31N3O3S/c1-3-8-33-24-20(14-27-29(24)19-6-4-16(5-7-19)10-21(30)32-2)23(31)28-22-18-9-17-11-25(13-18)15-26(22,25)12-17/h4-7,14,17-18,22H,3,8-13,15H2,1-2H3,(H,28,31). The third-order valence-electron chi connectivity index (χ3n) is 8.73. The highest BCUT2D eigenvalue weighted by Gasteiger charge is 2.82. The number of nitrogens with zero attached hydrogens (tertiary/aromatic N) is 2. The van der Waals surface area contributed by atoms with Crippen LogP contribution in [0.1, 0.15) is 61.4 Å². The smallest absolute Gasteiger partial charge is 0.309 e. The Hall–Kier alpha value is -2.28. The van der Waals surface area contributed by atoms with Crippen molar-refractivity contribution in [2.24, 2.45) is 22.7 Å². The summed E-state index contributed by atoms with van der Waals surface area (Å²) in [5.41, 5.74) is 3.42. The molecule has 1 N–H and O–H groups in total. The van der Waals surface area contributed by atoms with Gasteiger partial charge in [-0.1, -0.05) is 19.1 Å². The Labute approximate surface area is 198 Å². The van der Waals surface area contributed by atoms with Gasteiger partial charge < -0.3 is 10.1 Å². The minimum absolute atomic E-state index is 0.0274. The maximum absolute atomic E-state index is 13.5. The van der Waals surface area contributed by atoms with Crippen molar-refractivity contribution in [2.45, 2.75) is 62.9 Å². The van der Waals surface area contributed by atoms with Crippen LogP contribution < -0.4 is 5.32 Å². The summed E-state index contributed by atoms with van der Waals surface area (Å²) in [6.07, 6.45) is 9.65. The van der Waals surface area contributed by atoms with Gasteiger partial charge in [0.25, 0.3) is 5.91 Å². The molecule has 0 saturated heterocycles. The molecule has 6 nitrogen and oxygen atoms in total. The van der Waals surface area contributed by atoms with Gasteiger partial charge in [0.15, 0.2) is 0 Å². The zero-order valence-corrected chi connectivity index (χ0v) is 20.1. The highest BCUT2D eigenvalue weighted by Crippen LogP contribution is 2.87. The van der Waals surface area contributed by atoms with Crippen LogP contribution in [0.15, 0.2) is 35.5 Å². The quantitative estimate of drug-likeness (QED) is 0.462. The lowest BCUT2D eigenvalue weighted by atomic mass is 9.71. The maximum atomic E-state index is 13.5. The molecule has 2 spiro atoms. The molecule has 1 aromatic carbocycles. The van der Waals surface area contributed by atoms with Crippen molar-refractivity contribution in [3.8, 4) is 5.69 Å². The molecule has 0 radical (unpaired) electrons. The molecule has 0 aliphatic heterocycles. The number of hydrogen-bond acceptors (Lipinski definition) is 5. The molecule has 5 atom stereocenters. The fraction of sp³-hybridized carbons (Fsp3) is 0.577. The predicted octanol–water partition coefficient (Wildman–Crippen LogP) is 4.40. The Morgan fingerprint density at radius 3 is 2.79 bits per heavy atom. The van der Waals surface area contributed by atoms with E-state index in [1.165, 1.54) is 39.2 Å². The molecule has 2 aromatic rings. The molecular formula is C26H31N3O3S. The third kappa shape index (κ3) is 3.18. The van der Waals surface area contributed by atoms with E-state index in [1.807, 2.05) is 28.9 Å². The van der Waals surface area contributed by atoms with Crippen LogP contribution in [-0.4, -0.2) is 40.6 Å². The minimum atomic E-state index is -0.258. The minimum Gasteiger partial charge on any atom is -0.469 e. The first-order chi connectivity index (χ1) is 16.0. The van der Waals surface area contributed by atoms with Crippen LogP contribution in [0.3, 0.4) is 0 Å². The molecule has 7 rings (SSSR count). The Morgan fingerprint density at radius 2 is 2.06 bits per heavy atom. The van der Waals surface area contributed by atoms with Crippen molar-refractivity contribution in [3.63, 3.8) is 0 Å². The molecule has 5 aliphatic rings. The first-order valence-electron chi connectivity index (χ1n) is 12.2. The van der Waals surface area contributed by atoms with E-state index in [1.54, 1.807) is 18.0 Å². The lowest BCUT2D eigenvalue weighted by Gasteiger charge is -2.38. The van der Waals surface area contributed by atoms with E-state index in [9.17, 15) is 9.59 Å². The fourth-order valence-electron chi connectivity index (χ4n) is 7.56. The van der Waals surface area contributed by atoms with Crippen molar-refractivity contribution in [1.29, 1.82) is 0 Å². The Bertz CT molecular complexity index is 1110. The molecule has 5 unspecified atom stereocenters. The van der Waals surface area contributed by atoms with Crippen LogP contribution in [0.5, 0.6) is 0 Å². The lowest BCUT2D eigenvalue weighted by Crippen LogP contribution is -2.47. The predicted molar refractivity (Wildman–Crippen MR) is 126 cm³/mol. The molecule has 4 bridgehead atoms. The Morgan fingerprint density at radius 1 is 1.24 bits per heavy atom. The van der Waals surface area contributed by atoms with Crippen molar-refractivity contribution < 1.29 is 14.3 Å². The molecular weight excluding hydrogens is 434 g/mol. The van der Waals surface area contributed by atoms with Crippen molar-refractivity contribution in [3.05, 3.63) is 41.6 Å². The summed E-state index contributed by atoms with van der Waals surface area (Å²) >= 11 is 1.68. The highest BCUT2D eigenvalue weighted by molar-refractivity contribution is 7.99. The summed E-state index contributed by atoms with van der Waals surface area (Å²) in [4.78, 5) is 25.1. The molecule has 5 fully saturated rings. The zero-order chi connectivity index (χ0) is 22.8. The van der Waals surface area contributed by atoms with Gasteiger partial charge in [0.05, 0.1) is 31.0 Å². The second kappa shape index (κ2) is 7.62. The number of esters is 1. The Kier molecular flexibility index (Phi) is 4.91. The maximum Gasteiger partial charge on any atom is 0.309 e. The fourth-order valence-corrected chi connectivity index (χ4v) is 8.53. The number of ether oxygens (including phenoxy) is 1. The average molecular weight is 466 g/mol. The van der Waals surface area contributed by atoms with Crippen molar-refractivity contribution >= 4 is 23.6 Å². The second-order valence-corrected chi connectivity index (χ2v) is 11.7. The number of rotatable bonds is 8. The topological polar surface area (TPSA) is 73.2 Å². The van der Waals surface area contributed by atoms with Gasteiger partial charge in [0.1, 0.15) is 5.03 Å². The zero-order valence-electron chi connectivity index (χ0n) is 19.3. The number of hydrogen-bond donors (Lipinski definition) is 1. The number of nitrogens with one attached hydrogen (secondary N) is 1. The summed E-state index contributed by atoms with van der Waals surface area (Å²) in [5, 5.41) is 8.99. The third-order valence-corrected chi connectivity index (χ3v) is 10.0. The lowest BCUT2D eigenvalue weighted by molar-refractivity contribution is -0.139.